The van der Waals surface area contributed by atoms with Crippen molar-refractivity contribution in [1.82, 2.24) is 30.3 Å². The van der Waals surface area contributed by atoms with Gasteiger partial charge in [0.15, 0.2) is 5.82 Å². The van der Waals surface area contributed by atoms with E-state index in [1.807, 2.05) is 42.5 Å². The summed E-state index contributed by atoms with van der Waals surface area (Å²) in [5, 5.41) is 28.9. The first-order chi connectivity index (χ1) is 21.0. The van der Waals surface area contributed by atoms with Gasteiger partial charge in [0.2, 0.25) is 11.9 Å². The van der Waals surface area contributed by atoms with Crippen LogP contribution < -0.4 is 20.9 Å². The zero-order chi connectivity index (χ0) is 29.5. The molecular formula is C31H32FN9O2. The molecule has 0 bridgehead atoms. The number of hydrogen-bond acceptors (Lipinski definition) is 9. The first-order valence-electron chi connectivity index (χ1n) is 14.6. The smallest absolute Gasteiger partial charge is 0.229 e. The third-order valence-corrected chi connectivity index (χ3v) is 8.45. The summed E-state index contributed by atoms with van der Waals surface area (Å²) < 4.78 is 15.1. The van der Waals surface area contributed by atoms with E-state index in [1.54, 1.807) is 10.9 Å². The lowest BCUT2D eigenvalue weighted by Gasteiger charge is -2.35. The number of aliphatic hydroxyl groups is 1. The molecule has 220 valence electrons. The highest BCUT2D eigenvalue weighted by Crippen LogP contribution is 2.38. The van der Waals surface area contributed by atoms with Gasteiger partial charge < -0.3 is 26.0 Å². The standard InChI is InChI=1S/C31H32FN9O2/c1-2-11-41-25-14-20(9-10-23(25)38-39-41)34-31-33-16-26(40-12-5-7-19(17-40)30(43)35-24-15-22(24)32)29(37-31)36-28-21-8-4-3-6-18(21)13-27(28)42/h1,3-4,6,8-10,14,16,19,22,24,27-28,42H,5,7,11-13,15,17H2,(H,35,43)(H2,33,34,36,37)/t19?,22-,24-,27+,28-/m0/s1. The number of carbonyl (C=O) groups excluding carboxylic acids is 1. The lowest BCUT2D eigenvalue weighted by atomic mass is 9.96. The highest BCUT2D eigenvalue weighted by Gasteiger charge is 2.40. The fourth-order valence-corrected chi connectivity index (χ4v) is 6.07. The van der Waals surface area contributed by atoms with E-state index in [9.17, 15) is 14.3 Å². The summed E-state index contributed by atoms with van der Waals surface area (Å²) in [5.41, 5.74) is 5.09. The van der Waals surface area contributed by atoms with Gasteiger partial charge in [-0.3, -0.25) is 4.79 Å². The van der Waals surface area contributed by atoms with E-state index in [-0.39, 0.29) is 23.9 Å². The minimum atomic E-state index is -0.941. The maximum atomic E-state index is 13.4. The van der Waals surface area contributed by atoms with E-state index in [0.29, 0.717) is 37.7 Å². The fourth-order valence-electron chi connectivity index (χ4n) is 6.07. The van der Waals surface area contributed by atoms with E-state index in [0.717, 1.165) is 52.9 Å². The monoisotopic (exact) mass is 581 g/mol. The number of piperidine rings is 1. The van der Waals surface area contributed by atoms with Gasteiger partial charge in [0.25, 0.3) is 0 Å². The lowest BCUT2D eigenvalue weighted by Crippen LogP contribution is -2.44. The minimum absolute atomic E-state index is 0.113. The summed E-state index contributed by atoms with van der Waals surface area (Å²) in [6.07, 6.45) is 8.12. The molecule has 1 saturated heterocycles. The molecule has 4 aromatic rings. The molecule has 43 heavy (non-hydrogen) atoms. The molecular weight excluding hydrogens is 549 g/mol. The van der Waals surface area contributed by atoms with Crippen molar-refractivity contribution >= 4 is 40.1 Å². The van der Waals surface area contributed by atoms with Gasteiger partial charge in [-0.1, -0.05) is 35.4 Å². The summed E-state index contributed by atoms with van der Waals surface area (Å²) in [5.74, 6) is 3.11. The first-order valence-corrected chi connectivity index (χ1v) is 14.6. The second-order valence-electron chi connectivity index (χ2n) is 11.5. The molecule has 1 unspecified atom stereocenters. The van der Waals surface area contributed by atoms with Crippen LogP contribution in [0.4, 0.5) is 27.5 Å². The van der Waals surface area contributed by atoms with Crippen LogP contribution in [0.25, 0.3) is 11.0 Å². The molecule has 3 aliphatic rings. The lowest BCUT2D eigenvalue weighted by molar-refractivity contribution is -0.125. The normalized spacial score (nSPS) is 24.3. The number of nitrogens with zero attached hydrogens (tertiary/aromatic N) is 6. The van der Waals surface area contributed by atoms with Crippen LogP contribution in [-0.4, -0.2) is 67.4 Å². The molecule has 2 aromatic heterocycles. The van der Waals surface area contributed by atoms with Crippen molar-refractivity contribution in [2.75, 3.05) is 28.6 Å². The zero-order valence-electron chi connectivity index (χ0n) is 23.4. The van der Waals surface area contributed by atoms with Crippen LogP contribution in [-0.2, 0) is 17.8 Å². The zero-order valence-corrected chi connectivity index (χ0v) is 23.4. The van der Waals surface area contributed by atoms with Crippen LogP contribution in [0.5, 0.6) is 0 Å². The van der Waals surface area contributed by atoms with Gasteiger partial charge in [-0.2, -0.15) is 4.98 Å². The number of terminal acetylenes is 1. The quantitative estimate of drug-likeness (QED) is 0.232. The molecule has 1 aliphatic heterocycles. The van der Waals surface area contributed by atoms with Gasteiger partial charge >= 0.3 is 0 Å². The molecule has 12 heteroatoms. The average molecular weight is 582 g/mol. The number of amides is 1. The number of carbonyl (C=O) groups is 1. The molecule has 1 saturated carbocycles. The van der Waals surface area contributed by atoms with Crippen molar-refractivity contribution in [2.45, 2.75) is 56.6 Å². The maximum absolute atomic E-state index is 13.4. The SMILES string of the molecule is C#CCn1nnc2ccc(Nc3ncc(N4CCCC(C(=O)N[C@H]5C[C@@H]5F)C4)c(N[C@H]4c5ccccc5C[C@H]4O)n3)cc21. The summed E-state index contributed by atoms with van der Waals surface area (Å²) in [6.45, 7) is 1.48. The van der Waals surface area contributed by atoms with Gasteiger partial charge in [0, 0.05) is 31.6 Å². The molecule has 7 rings (SSSR count). The number of fused-ring (bicyclic) bond motifs is 2. The second kappa shape index (κ2) is 11.1. The number of anilines is 4. The number of halogens is 1. The molecule has 5 atom stereocenters. The van der Waals surface area contributed by atoms with Crippen LogP contribution in [0.2, 0.25) is 0 Å². The topological polar surface area (TPSA) is 133 Å². The predicted octanol–water partition coefficient (Wildman–Crippen LogP) is 3.11. The molecule has 1 amide bonds. The van der Waals surface area contributed by atoms with Crippen LogP contribution in [0.1, 0.15) is 36.4 Å². The van der Waals surface area contributed by atoms with Crippen LogP contribution >= 0.6 is 0 Å². The Morgan fingerprint density at radius 2 is 2.09 bits per heavy atom. The van der Waals surface area contributed by atoms with Crippen molar-refractivity contribution in [2.24, 2.45) is 5.92 Å². The van der Waals surface area contributed by atoms with E-state index >= 15 is 0 Å². The Morgan fingerprint density at radius 3 is 2.93 bits per heavy atom. The highest BCUT2D eigenvalue weighted by molar-refractivity contribution is 5.81. The summed E-state index contributed by atoms with van der Waals surface area (Å²) in [6, 6.07) is 12.9. The van der Waals surface area contributed by atoms with Gasteiger partial charge in [-0.15, -0.1) is 11.5 Å². The predicted molar refractivity (Wildman–Crippen MR) is 161 cm³/mol. The number of hydrogen-bond donors (Lipinski definition) is 4. The highest BCUT2D eigenvalue weighted by atomic mass is 19.1. The second-order valence-corrected chi connectivity index (χ2v) is 11.5. The number of aromatic nitrogens is 5. The summed E-state index contributed by atoms with van der Waals surface area (Å²) in [7, 11) is 0. The molecule has 4 N–H and O–H groups in total. The molecule has 2 aromatic carbocycles. The Labute approximate surface area is 247 Å². The fraction of sp³-hybridized carbons (Fsp3) is 0.387. The summed E-state index contributed by atoms with van der Waals surface area (Å²) >= 11 is 0. The van der Waals surface area contributed by atoms with Crippen molar-refractivity contribution in [3.63, 3.8) is 0 Å². The Balaban J connectivity index is 1.19. The van der Waals surface area contributed by atoms with Crippen molar-refractivity contribution in [1.29, 1.82) is 0 Å². The number of nitrogens with one attached hydrogen (secondary N) is 3. The number of aliphatic hydroxyl groups excluding tert-OH is 1. The summed E-state index contributed by atoms with van der Waals surface area (Å²) in [4.78, 5) is 24.5. The first kappa shape index (κ1) is 27.1. The maximum Gasteiger partial charge on any atom is 0.229 e. The molecule has 11 nitrogen and oxygen atoms in total. The number of alkyl halides is 1. The van der Waals surface area contributed by atoms with E-state index < -0.39 is 12.3 Å². The Hall–Kier alpha value is -4.76. The van der Waals surface area contributed by atoms with Gasteiger partial charge in [-0.25, -0.2) is 14.1 Å². The molecule has 2 aliphatic carbocycles. The van der Waals surface area contributed by atoms with Crippen molar-refractivity contribution in [3.05, 3.63) is 59.8 Å². The van der Waals surface area contributed by atoms with E-state index in [2.05, 4.69) is 42.1 Å². The molecule has 2 fully saturated rings. The third-order valence-electron chi connectivity index (χ3n) is 8.45. The van der Waals surface area contributed by atoms with Gasteiger partial charge in [0.05, 0.1) is 41.5 Å². The third kappa shape index (κ3) is 5.44. The minimum Gasteiger partial charge on any atom is -0.390 e. The molecule has 3 heterocycles. The van der Waals surface area contributed by atoms with Gasteiger partial charge in [-0.05, 0) is 42.2 Å². The molecule has 0 spiro atoms. The van der Waals surface area contributed by atoms with Crippen LogP contribution in [0.15, 0.2) is 48.7 Å². The number of rotatable bonds is 8. The Bertz CT molecular complexity index is 1720. The van der Waals surface area contributed by atoms with Gasteiger partial charge in [0.1, 0.15) is 18.2 Å². The average Bonchev–Trinajstić information content (AvgIpc) is 3.41. The van der Waals surface area contributed by atoms with Crippen LogP contribution in [0.3, 0.4) is 0 Å². The number of benzene rings is 2. The largest absolute Gasteiger partial charge is 0.390 e. The Morgan fingerprint density at radius 1 is 1.23 bits per heavy atom. The van der Waals surface area contributed by atoms with Crippen LogP contribution in [0, 0.1) is 18.3 Å². The Kier molecular flexibility index (Phi) is 7.02. The van der Waals surface area contributed by atoms with E-state index in [1.165, 1.54) is 0 Å². The van der Waals surface area contributed by atoms with Crippen molar-refractivity contribution in [3.8, 4) is 12.3 Å². The van der Waals surface area contributed by atoms with E-state index in [4.69, 9.17) is 11.4 Å². The van der Waals surface area contributed by atoms with Crippen molar-refractivity contribution < 1.29 is 14.3 Å². The molecule has 0 radical (unpaired) electrons.